The highest BCUT2D eigenvalue weighted by Crippen LogP contribution is 2.31. The quantitative estimate of drug-likeness (QED) is 0.222. The van der Waals surface area contributed by atoms with Gasteiger partial charge in [0.15, 0.2) is 5.65 Å². The molecule has 3 N–H and O–H groups in total. The van der Waals surface area contributed by atoms with Crippen molar-refractivity contribution in [3.8, 4) is 17.0 Å². The Labute approximate surface area is 217 Å². The second-order valence-electron chi connectivity index (χ2n) is 8.36. The Hall–Kier alpha value is -4.17. The maximum atomic E-state index is 12.5. The molecule has 0 aliphatic rings. The van der Waals surface area contributed by atoms with Crippen LogP contribution in [0.25, 0.3) is 16.9 Å². The summed E-state index contributed by atoms with van der Waals surface area (Å²) in [7, 11) is 0. The number of para-hydroxylation sites is 1. The highest BCUT2D eigenvalue weighted by Gasteiger charge is 2.13. The molecule has 5 aromatic rings. The largest absolute Gasteiger partial charge is 0.507 e. The van der Waals surface area contributed by atoms with E-state index >= 15 is 0 Å². The normalized spacial score (nSPS) is 10.9. The molecule has 0 atom stereocenters. The molecule has 0 bridgehead atoms. The van der Waals surface area contributed by atoms with Crippen LogP contribution >= 0.6 is 15.9 Å². The summed E-state index contributed by atoms with van der Waals surface area (Å²) in [5, 5.41) is 21.2. The molecule has 3 aromatic carbocycles. The monoisotopic (exact) mass is 541 g/mol. The first-order valence-electron chi connectivity index (χ1n) is 11.6. The molecule has 0 unspecified atom stereocenters. The Morgan fingerprint density at radius 3 is 2.56 bits per heavy atom. The number of aryl methyl sites for hydroxylation is 1. The van der Waals surface area contributed by atoms with Gasteiger partial charge in [0.25, 0.3) is 0 Å². The molecule has 0 aliphatic carbocycles. The van der Waals surface area contributed by atoms with Crippen molar-refractivity contribution in [3.63, 3.8) is 0 Å². The fraction of sp³-hybridized carbons (Fsp3) is 0.107. The minimum absolute atomic E-state index is 0.0199. The molecule has 36 heavy (non-hydrogen) atoms. The first-order chi connectivity index (χ1) is 17.6. The fourth-order valence-electron chi connectivity index (χ4n) is 3.97. The van der Waals surface area contributed by atoms with Crippen LogP contribution in [0.1, 0.15) is 17.5 Å². The second kappa shape index (κ2) is 10.6. The van der Waals surface area contributed by atoms with Crippen LogP contribution < -0.4 is 10.6 Å². The van der Waals surface area contributed by atoms with Gasteiger partial charge in [-0.2, -0.15) is 9.61 Å². The number of fused-ring (bicyclic) bond motifs is 1. The lowest BCUT2D eigenvalue weighted by atomic mass is 10.1. The molecule has 0 aliphatic heterocycles. The smallest absolute Gasteiger partial charge is 0.224 e. The number of aromatic hydroxyl groups is 1. The number of halogens is 1. The van der Waals surface area contributed by atoms with E-state index in [1.54, 1.807) is 22.8 Å². The van der Waals surface area contributed by atoms with Gasteiger partial charge in [-0.15, -0.1) is 0 Å². The lowest BCUT2D eigenvalue weighted by Crippen LogP contribution is -2.13. The van der Waals surface area contributed by atoms with Gasteiger partial charge in [-0.3, -0.25) is 4.79 Å². The van der Waals surface area contributed by atoms with E-state index in [1.807, 2.05) is 72.8 Å². The molecule has 0 saturated carbocycles. The summed E-state index contributed by atoms with van der Waals surface area (Å²) in [4.78, 5) is 17.1. The van der Waals surface area contributed by atoms with Gasteiger partial charge in [-0.25, -0.2) is 4.98 Å². The maximum Gasteiger partial charge on any atom is 0.224 e. The van der Waals surface area contributed by atoms with Gasteiger partial charge < -0.3 is 15.7 Å². The summed E-state index contributed by atoms with van der Waals surface area (Å²) in [6, 6.07) is 26.7. The lowest BCUT2D eigenvalue weighted by Gasteiger charge is -2.12. The minimum Gasteiger partial charge on any atom is -0.507 e. The third-order valence-corrected chi connectivity index (χ3v) is 6.34. The number of nitrogens with zero attached hydrogens (tertiary/aromatic N) is 3. The molecule has 7 nitrogen and oxygen atoms in total. The van der Waals surface area contributed by atoms with Crippen LogP contribution in [-0.4, -0.2) is 25.6 Å². The molecular weight excluding hydrogens is 518 g/mol. The molecule has 2 heterocycles. The molecule has 5 rings (SSSR count). The van der Waals surface area contributed by atoms with Gasteiger partial charge in [-0.05, 0) is 57.7 Å². The molecule has 0 radical (unpaired) electrons. The summed E-state index contributed by atoms with van der Waals surface area (Å²) in [5.74, 6) is 0.862. The Bertz CT molecular complexity index is 1520. The van der Waals surface area contributed by atoms with E-state index in [0.717, 1.165) is 27.1 Å². The number of benzene rings is 3. The van der Waals surface area contributed by atoms with Crippen LogP contribution in [0.2, 0.25) is 0 Å². The number of hydrogen-bond acceptors (Lipinski definition) is 5. The molecule has 2 aromatic heterocycles. The Balaban J connectivity index is 1.30. The van der Waals surface area contributed by atoms with Crippen LogP contribution in [0, 0.1) is 0 Å². The Morgan fingerprint density at radius 2 is 1.72 bits per heavy atom. The summed E-state index contributed by atoms with van der Waals surface area (Å²) >= 11 is 3.51. The highest BCUT2D eigenvalue weighted by atomic mass is 79.9. The van der Waals surface area contributed by atoms with Crippen LogP contribution in [0.4, 0.5) is 11.5 Å². The van der Waals surface area contributed by atoms with Crippen molar-refractivity contribution < 1.29 is 9.90 Å². The van der Waals surface area contributed by atoms with Crippen molar-refractivity contribution in [2.24, 2.45) is 0 Å². The van der Waals surface area contributed by atoms with E-state index in [9.17, 15) is 9.90 Å². The topological polar surface area (TPSA) is 91.5 Å². The highest BCUT2D eigenvalue weighted by molar-refractivity contribution is 9.10. The van der Waals surface area contributed by atoms with Crippen LogP contribution in [0.5, 0.6) is 5.75 Å². The van der Waals surface area contributed by atoms with E-state index in [1.165, 1.54) is 0 Å². The second-order valence-corrected chi connectivity index (χ2v) is 9.21. The van der Waals surface area contributed by atoms with Gasteiger partial charge in [0, 0.05) is 30.3 Å². The predicted octanol–water partition coefficient (Wildman–Crippen LogP) is 6.05. The number of phenols is 1. The zero-order valence-corrected chi connectivity index (χ0v) is 20.9. The zero-order chi connectivity index (χ0) is 24.9. The first-order valence-corrected chi connectivity index (χ1v) is 12.4. The fourth-order valence-corrected chi connectivity index (χ4v) is 4.32. The molecule has 0 spiro atoms. The molecule has 1 amide bonds. The SMILES string of the molecule is O=C(CCc1ccccc1)Nc1cccc(CNc2cc(-c3ccccc3O)nc3c(Br)cnn23)c1. The number of nitrogens with one attached hydrogen (secondary N) is 2. The molecule has 8 heteroatoms. The molecular formula is C28H24BrN5O2. The van der Waals surface area contributed by atoms with Crippen molar-refractivity contribution in [2.75, 3.05) is 10.6 Å². The third-order valence-electron chi connectivity index (χ3n) is 5.78. The van der Waals surface area contributed by atoms with E-state index in [0.29, 0.717) is 36.3 Å². The minimum atomic E-state index is -0.0199. The number of carbonyl (C=O) groups is 1. The number of rotatable bonds is 8. The van der Waals surface area contributed by atoms with Gasteiger partial charge in [0.2, 0.25) is 5.91 Å². The Kier molecular flexibility index (Phi) is 6.95. The van der Waals surface area contributed by atoms with E-state index < -0.39 is 0 Å². The van der Waals surface area contributed by atoms with Crippen molar-refractivity contribution in [1.29, 1.82) is 0 Å². The zero-order valence-electron chi connectivity index (χ0n) is 19.4. The van der Waals surface area contributed by atoms with Crippen molar-refractivity contribution >= 4 is 39.0 Å². The summed E-state index contributed by atoms with van der Waals surface area (Å²) in [5.41, 5.74) is 4.79. The summed E-state index contributed by atoms with van der Waals surface area (Å²) in [6.45, 7) is 0.504. The number of amides is 1. The third kappa shape index (κ3) is 5.39. The number of aromatic nitrogens is 3. The summed E-state index contributed by atoms with van der Waals surface area (Å²) in [6.07, 6.45) is 2.81. The first kappa shape index (κ1) is 23.6. The van der Waals surface area contributed by atoms with Gasteiger partial charge in [0.1, 0.15) is 11.6 Å². The van der Waals surface area contributed by atoms with Gasteiger partial charge in [0.05, 0.1) is 16.4 Å². The van der Waals surface area contributed by atoms with Crippen molar-refractivity contribution in [2.45, 2.75) is 19.4 Å². The number of anilines is 2. The Morgan fingerprint density at radius 1 is 0.944 bits per heavy atom. The molecule has 0 fully saturated rings. The van der Waals surface area contributed by atoms with E-state index in [-0.39, 0.29) is 11.7 Å². The van der Waals surface area contributed by atoms with Crippen LogP contribution in [0.15, 0.2) is 95.6 Å². The van der Waals surface area contributed by atoms with E-state index in [4.69, 9.17) is 0 Å². The van der Waals surface area contributed by atoms with Crippen molar-refractivity contribution in [1.82, 2.24) is 14.6 Å². The van der Waals surface area contributed by atoms with Crippen molar-refractivity contribution in [3.05, 3.63) is 107 Å². The molecule has 0 saturated heterocycles. The van der Waals surface area contributed by atoms with E-state index in [2.05, 4.69) is 36.6 Å². The number of carbonyl (C=O) groups excluding carboxylic acids is 1. The van der Waals surface area contributed by atoms with Gasteiger partial charge >= 0.3 is 0 Å². The lowest BCUT2D eigenvalue weighted by molar-refractivity contribution is -0.116. The molecule has 180 valence electrons. The van der Waals surface area contributed by atoms with Crippen LogP contribution in [-0.2, 0) is 17.8 Å². The average Bonchev–Trinajstić information content (AvgIpc) is 3.28. The standard InChI is InChI=1S/C28H24BrN5O2/c29-23-18-31-34-26(16-24(33-28(23)34)22-11-4-5-12-25(22)35)30-17-20-9-6-10-21(15-20)32-27(36)14-13-19-7-2-1-3-8-19/h1-12,15-16,18,30,35H,13-14,17H2,(H,32,36). The number of phenolic OH excluding ortho intramolecular Hbond substituents is 1. The predicted molar refractivity (Wildman–Crippen MR) is 145 cm³/mol. The van der Waals surface area contributed by atoms with Gasteiger partial charge in [-0.1, -0.05) is 54.6 Å². The average molecular weight is 542 g/mol. The number of hydrogen-bond donors (Lipinski definition) is 3. The summed E-state index contributed by atoms with van der Waals surface area (Å²) < 4.78 is 2.46. The van der Waals surface area contributed by atoms with Crippen LogP contribution in [0.3, 0.4) is 0 Å². The maximum absolute atomic E-state index is 12.5.